The second-order valence-electron chi connectivity index (χ2n) is 7.53. The molecule has 0 bridgehead atoms. The SMILES string of the molecule is COc1cc(N2CCCC2)ccc1/C=C1/NC(=O)N(CC(=O)Nc2ccccc2F)C1=O. The van der Waals surface area contributed by atoms with Gasteiger partial charge in [-0.25, -0.2) is 14.1 Å². The summed E-state index contributed by atoms with van der Waals surface area (Å²) in [5.74, 6) is -1.38. The van der Waals surface area contributed by atoms with E-state index in [9.17, 15) is 18.8 Å². The summed E-state index contributed by atoms with van der Waals surface area (Å²) in [6.07, 6.45) is 3.81. The minimum Gasteiger partial charge on any atom is -0.496 e. The standard InChI is InChI=1S/C23H23FN4O4/c1-32-20-13-16(27-10-4-5-11-27)9-8-15(20)12-19-22(30)28(23(31)26-19)14-21(29)25-18-7-3-2-6-17(18)24/h2-3,6-9,12-13H,4-5,10-11,14H2,1H3,(H,25,29)(H,26,31)/b19-12+. The van der Waals surface area contributed by atoms with Crippen LogP contribution in [0.15, 0.2) is 48.2 Å². The van der Waals surface area contributed by atoms with Crippen molar-refractivity contribution >= 4 is 35.3 Å². The van der Waals surface area contributed by atoms with E-state index in [0.717, 1.165) is 36.5 Å². The summed E-state index contributed by atoms with van der Waals surface area (Å²) in [5.41, 5.74) is 1.66. The first-order valence-corrected chi connectivity index (χ1v) is 10.3. The fraction of sp³-hybridized carbons (Fsp3) is 0.261. The Kier molecular flexibility index (Phi) is 6.07. The molecule has 2 aromatic rings. The number of carbonyl (C=O) groups excluding carboxylic acids is 3. The third kappa shape index (κ3) is 4.41. The normalized spacial score (nSPS) is 17.1. The van der Waals surface area contributed by atoms with Crippen LogP contribution in [0.5, 0.6) is 5.75 Å². The highest BCUT2D eigenvalue weighted by Crippen LogP contribution is 2.30. The van der Waals surface area contributed by atoms with Gasteiger partial charge in [-0.2, -0.15) is 0 Å². The molecule has 0 saturated carbocycles. The maximum Gasteiger partial charge on any atom is 0.329 e. The van der Waals surface area contributed by atoms with Crippen LogP contribution in [0, 0.1) is 5.82 Å². The topological polar surface area (TPSA) is 91.0 Å². The van der Waals surface area contributed by atoms with Gasteiger partial charge in [-0.05, 0) is 43.2 Å². The van der Waals surface area contributed by atoms with Gasteiger partial charge in [0.25, 0.3) is 5.91 Å². The quantitative estimate of drug-likeness (QED) is 0.535. The number of hydrogen-bond donors (Lipinski definition) is 2. The van der Waals surface area contributed by atoms with Gasteiger partial charge >= 0.3 is 6.03 Å². The monoisotopic (exact) mass is 438 g/mol. The summed E-state index contributed by atoms with van der Waals surface area (Å²) in [4.78, 5) is 40.3. The molecule has 0 radical (unpaired) electrons. The molecule has 0 atom stereocenters. The summed E-state index contributed by atoms with van der Waals surface area (Å²) < 4.78 is 19.2. The number of methoxy groups -OCH3 is 1. The lowest BCUT2D eigenvalue weighted by molar-refractivity contribution is -0.127. The Morgan fingerprint density at radius 3 is 2.66 bits per heavy atom. The van der Waals surface area contributed by atoms with Gasteiger partial charge < -0.3 is 20.3 Å². The highest BCUT2D eigenvalue weighted by molar-refractivity contribution is 6.16. The third-order valence-corrected chi connectivity index (χ3v) is 5.40. The minimum atomic E-state index is -0.724. The van der Waals surface area contributed by atoms with Gasteiger partial charge in [0, 0.05) is 30.4 Å². The maximum absolute atomic E-state index is 13.7. The number of nitrogens with zero attached hydrogens (tertiary/aromatic N) is 2. The Bertz CT molecular complexity index is 1100. The van der Waals surface area contributed by atoms with Crippen molar-refractivity contribution in [3.8, 4) is 5.75 Å². The van der Waals surface area contributed by atoms with Crippen molar-refractivity contribution in [1.82, 2.24) is 10.2 Å². The zero-order valence-corrected chi connectivity index (χ0v) is 17.6. The molecule has 166 valence electrons. The van der Waals surface area contributed by atoms with Crippen LogP contribution in [0.4, 0.5) is 20.6 Å². The lowest BCUT2D eigenvalue weighted by Crippen LogP contribution is -2.38. The molecule has 2 saturated heterocycles. The van der Waals surface area contributed by atoms with Gasteiger partial charge in [-0.3, -0.25) is 9.59 Å². The van der Waals surface area contributed by atoms with Gasteiger partial charge in [-0.15, -0.1) is 0 Å². The van der Waals surface area contributed by atoms with Gasteiger partial charge in [0.05, 0.1) is 12.8 Å². The van der Waals surface area contributed by atoms with E-state index in [0.29, 0.717) is 11.3 Å². The highest BCUT2D eigenvalue weighted by atomic mass is 19.1. The molecular weight excluding hydrogens is 415 g/mol. The van der Waals surface area contributed by atoms with Crippen molar-refractivity contribution in [2.24, 2.45) is 0 Å². The fourth-order valence-electron chi connectivity index (χ4n) is 3.76. The van der Waals surface area contributed by atoms with Gasteiger partial charge in [0.1, 0.15) is 23.8 Å². The lowest BCUT2D eigenvalue weighted by Gasteiger charge is -2.19. The number of hydrogen-bond acceptors (Lipinski definition) is 5. The van der Waals surface area contributed by atoms with Crippen molar-refractivity contribution in [2.45, 2.75) is 12.8 Å². The molecule has 0 spiro atoms. The number of nitrogens with one attached hydrogen (secondary N) is 2. The van der Waals surface area contributed by atoms with Crippen LogP contribution in [0.1, 0.15) is 18.4 Å². The second-order valence-corrected chi connectivity index (χ2v) is 7.53. The molecule has 4 amide bonds. The van der Waals surface area contributed by atoms with Crippen LogP contribution in [0.25, 0.3) is 6.08 Å². The van der Waals surface area contributed by atoms with E-state index >= 15 is 0 Å². The number of urea groups is 1. The number of para-hydroxylation sites is 1. The average Bonchev–Trinajstić information content (AvgIpc) is 3.41. The van der Waals surface area contributed by atoms with Crippen LogP contribution in [0.2, 0.25) is 0 Å². The van der Waals surface area contributed by atoms with Gasteiger partial charge in [0.2, 0.25) is 5.91 Å². The van der Waals surface area contributed by atoms with E-state index < -0.39 is 30.2 Å². The molecule has 2 aliphatic heterocycles. The molecule has 32 heavy (non-hydrogen) atoms. The van der Waals surface area contributed by atoms with Crippen LogP contribution in [-0.4, -0.2) is 49.5 Å². The average molecular weight is 438 g/mol. The predicted molar refractivity (Wildman–Crippen MR) is 118 cm³/mol. The summed E-state index contributed by atoms with van der Waals surface area (Å²) in [6, 6.07) is 10.6. The van der Waals surface area contributed by atoms with E-state index in [4.69, 9.17) is 4.74 Å². The molecule has 8 nitrogen and oxygen atoms in total. The van der Waals surface area contributed by atoms with Crippen LogP contribution in [0.3, 0.4) is 0 Å². The first kappa shape index (κ1) is 21.4. The number of amides is 4. The molecule has 2 aliphatic rings. The Balaban J connectivity index is 1.48. The molecule has 4 rings (SSSR count). The fourth-order valence-corrected chi connectivity index (χ4v) is 3.76. The number of carbonyl (C=O) groups is 3. The van der Waals surface area contributed by atoms with E-state index in [1.165, 1.54) is 24.3 Å². The van der Waals surface area contributed by atoms with Crippen LogP contribution < -0.4 is 20.3 Å². The largest absolute Gasteiger partial charge is 0.496 e. The number of benzene rings is 2. The summed E-state index contributed by atoms with van der Waals surface area (Å²) >= 11 is 0. The van der Waals surface area contributed by atoms with Crippen LogP contribution in [-0.2, 0) is 9.59 Å². The van der Waals surface area contributed by atoms with Crippen molar-refractivity contribution in [3.05, 3.63) is 59.5 Å². The van der Waals surface area contributed by atoms with E-state index in [-0.39, 0.29) is 11.4 Å². The Hall–Kier alpha value is -3.88. The lowest BCUT2D eigenvalue weighted by atomic mass is 10.1. The highest BCUT2D eigenvalue weighted by Gasteiger charge is 2.35. The van der Waals surface area contributed by atoms with Crippen molar-refractivity contribution in [3.63, 3.8) is 0 Å². The molecule has 2 fully saturated rings. The van der Waals surface area contributed by atoms with E-state index in [1.807, 2.05) is 18.2 Å². The maximum atomic E-state index is 13.7. The molecule has 0 aliphatic carbocycles. The number of rotatable bonds is 6. The minimum absolute atomic E-state index is 0.0249. The third-order valence-electron chi connectivity index (χ3n) is 5.40. The van der Waals surface area contributed by atoms with E-state index in [2.05, 4.69) is 15.5 Å². The Morgan fingerprint density at radius 1 is 1.19 bits per heavy atom. The van der Waals surface area contributed by atoms with Gasteiger partial charge in [0.15, 0.2) is 0 Å². The number of imide groups is 1. The zero-order chi connectivity index (χ0) is 22.7. The first-order chi connectivity index (χ1) is 15.5. The molecule has 2 heterocycles. The molecule has 0 aromatic heterocycles. The number of halogens is 1. The Morgan fingerprint density at radius 2 is 1.94 bits per heavy atom. The summed E-state index contributed by atoms with van der Waals surface area (Å²) in [5, 5.41) is 4.84. The van der Waals surface area contributed by atoms with Crippen molar-refractivity contribution in [2.75, 3.05) is 37.0 Å². The van der Waals surface area contributed by atoms with Crippen molar-refractivity contribution in [1.29, 1.82) is 0 Å². The molecule has 2 aromatic carbocycles. The van der Waals surface area contributed by atoms with Gasteiger partial charge in [-0.1, -0.05) is 12.1 Å². The Labute approximate surface area is 184 Å². The van der Waals surface area contributed by atoms with Crippen molar-refractivity contribution < 1.29 is 23.5 Å². The molecule has 0 unspecified atom stereocenters. The first-order valence-electron chi connectivity index (χ1n) is 10.3. The molecular formula is C23H23FN4O4. The molecule has 9 heteroatoms. The van der Waals surface area contributed by atoms with E-state index in [1.54, 1.807) is 13.2 Å². The zero-order valence-electron chi connectivity index (χ0n) is 17.6. The molecule has 2 N–H and O–H groups in total. The predicted octanol–water partition coefficient (Wildman–Crippen LogP) is 2.97. The number of ether oxygens (including phenoxy) is 1. The second kappa shape index (κ2) is 9.09. The van der Waals surface area contributed by atoms with Crippen LogP contribution >= 0.6 is 0 Å². The summed E-state index contributed by atoms with van der Waals surface area (Å²) in [6.45, 7) is 1.44. The smallest absolute Gasteiger partial charge is 0.329 e. The summed E-state index contributed by atoms with van der Waals surface area (Å²) in [7, 11) is 1.54. The number of anilines is 2.